The zero-order valence-corrected chi connectivity index (χ0v) is 16.0. The van der Waals surface area contributed by atoms with Gasteiger partial charge in [-0.3, -0.25) is 4.79 Å². The molecule has 2 aromatic rings. The Morgan fingerprint density at radius 2 is 1.93 bits per heavy atom. The fourth-order valence-corrected chi connectivity index (χ4v) is 3.10. The smallest absolute Gasteiger partial charge is 0.266 e. The van der Waals surface area contributed by atoms with Gasteiger partial charge in [0.25, 0.3) is 5.91 Å². The molecule has 0 bridgehead atoms. The molecule has 8 heteroatoms. The maximum atomic E-state index is 13.0. The summed E-state index contributed by atoms with van der Waals surface area (Å²) in [4.78, 5) is 20.4. The average Bonchev–Trinajstić information content (AvgIpc) is 2.69. The van der Waals surface area contributed by atoms with Gasteiger partial charge in [0, 0.05) is 48.7 Å². The molecule has 0 atom stereocenters. The molecule has 138 valence electrons. The van der Waals surface area contributed by atoms with Crippen LogP contribution in [0, 0.1) is 17.1 Å². The van der Waals surface area contributed by atoms with Gasteiger partial charge in [-0.05, 0) is 36.4 Å². The standard InChI is InChI=1S/C19H17BrFN5O/c20-15-5-6-23-18(11-15)24-13-14(12-22)19(27)26-9-7-25(8-10-26)17-3-1-16(21)2-4-17/h1-6,11,13H,7-10H2,(H,23,24)/b14-13-. The molecule has 1 saturated heterocycles. The number of pyridine rings is 1. The summed E-state index contributed by atoms with van der Waals surface area (Å²) < 4.78 is 13.9. The molecule has 0 saturated carbocycles. The number of piperazine rings is 1. The molecule has 3 rings (SSSR count). The number of nitrogens with one attached hydrogen (secondary N) is 1. The molecule has 0 radical (unpaired) electrons. The van der Waals surface area contributed by atoms with Crippen LogP contribution in [0.15, 0.2) is 58.8 Å². The summed E-state index contributed by atoms with van der Waals surface area (Å²) in [7, 11) is 0. The third kappa shape index (κ3) is 4.83. The van der Waals surface area contributed by atoms with E-state index in [-0.39, 0.29) is 17.3 Å². The second kappa shape index (κ2) is 8.64. The lowest BCUT2D eigenvalue weighted by Crippen LogP contribution is -2.49. The van der Waals surface area contributed by atoms with E-state index in [1.807, 2.05) is 6.07 Å². The molecule has 6 nitrogen and oxygen atoms in total. The van der Waals surface area contributed by atoms with Crippen LogP contribution in [0.5, 0.6) is 0 Å². The number of amides is 1. The van der Waals surface area contributed by atoms with Crippen molar-refractivity contribution in [2.75, 3.05) is 36.4 Å². The summed E-state index contributed by atoms with van der Waals surface area (Å²) in [5.41, 5.74) is 0.939. The van der Waals surface area contributed by atoms with Gasteiger partial charge in [0.15, 0.2) is 0 Å². The summed E-state index contributed by atoms with van der Waals surface area (Å²) in [5, 5.41) is 12.2. The predicted octanol–water partition coefficient (Wildman–Crippen LogP) is 3.15. The highest BCUT2D eigenvalue weighted by molar-refractivity contribution is 9.10. The van der Waals surface area contributed by atoms with E-state index >= 15 is 0 Å². The lowest BCUT2D eigenvalue weighted by Gasteiger charge is -2.36. The lowest BCUT2D eigenvalue weighted by atomic mass is 10.2. The van der Waals surface area contributed by atoms with E-state index in [9.17, 15) is 14.4 Å². The highest BCUT2D eigenvalue weighted by atomic mass is 79.9. The number of nitriles is 1. The summed E-state index contributed by atoms with van der Waals surface area (Å²) in [6.45, 7) is 2.22. The monoisotopic (exact) mass is 429 g/mol. The van der Waals surface area contributed by atoms with Crippen molar-refractivity contribution in [2.24, 2.45) is 0 Å². The number of carbonyl (C=O) groups is 1. The number of nitrogens with zero attached hydrogens (tertiary/aromatic N) is 4. The van der Waals surface area contributed by atoms with Crippen LogP contribution < -0.4 is 10.2 Å². The van der Waals surface area contributed by atoms with E-state index < -0.39 is 0 Å². The van der Waals surface area contributed by atoms with Crippen molar-refractivity contribution in [3.8, 4) is 6.07 Å². The molecule has 1 aliphatic rings. The van der Waals surface area contributed by atoms with Crippen LogP contribution in [-0.2, 0) is 4.79 Å². The van der Waals surface area contributed by atoms with Crippen LogP contribution in [0.2, 0.25) is 0 Å². The zero-order chi connectivity index (χ0) is 19.2. The molecular formula is C19H17BrFN5O. The van der Waals surface area contributed by atoms with E-state index in [1.165, 1.54) is 18.3 Å². The molecule has 1 amide bonds. The van der Waals surface area contributed by atoms with Crippen LogP contribution in [0.4, 0.5) is 15.9 Å². The molecule has 1 fully saturated rings. The second-order valence-electron chi connectivity index (χ2n) is 5.93. The molecule has 0 unspecified atom stereocenters. The van der Waals surface area contributed by atoms with Crippen molar-refractivity contribution in [1.82, 2.24) is 9.88 Å². The fraction of sp³-hybridized carbons (Fsp3) is 0.211. The Morgan fingerprint density at radius 3 is 2.56 bits per heavy atom. The van der Waals surface area contributed by atoms with Crippen LogP contribution in [-0.4, -0.2) is 42.0 Å². The van der Waals surface area contributed by atoms with Gasteiger partial charge in [-0.15, -0.1) is 0 Å². The zero-order valence-electron chi connectivity index (χ0n) is 14.4. The largest absolute Gasteiger partial charge is 0.368 e. The first kappa shape index (κ1) is 18.9. The van der Waals surface area contributed by atoms with Crippen molar-refractivity contribution in [3.05, 3.63) is 64.7 Å². The molecule has 1 aromatic carbocycles. The predicted molar refractivity (Wildman–Crippen MR) is 104 cm³/mol. The molecule has 1 N–H and O–H groups in total. The molecule has 27 heavy (non-hydrogen) atoms. The molecule has 0 spiro atoms. The normalized spacial score (nSPS) is 14.6. The Morgan fingerprint density at radius 1 is 1.22 bits per heavy atom. The molecule has 2 heterocycles. The number of rotatable bonds is 4. The summed E-state index contributed by atoms with van der Waals surface area (Å²) in [5.74, 6) is -0.0615. The average molecular weight is 430 g/mol. The number of hydrogen-bond acceptors (Lipinski definition) is 5. The third-order valence-electron chi connectivity index (χ3n) is 4.20. The van der Waals surface area contributed by atoms with Gasteiger partial charge < -0.3 is 15.1 Å². The maximum Gasteiger partial charge on any atom is 0.266 e. The van der Waals surface area contributed by atoms with Crippen molar-refractivity contribution >= 4 is 33.3 Å². The Balaban J connectivity index is 1.60. The first-order valence-corrected chi connectivity index (χ1v) is 9.14. The molecule has 1 aliphatic heterocycles. The first-order chi connectivity index (χ1) is 13.1. The Hall–Kier alpha value is -2.92. The summed E-state index contributed by atoms with van der Waals surface area (Å²) in [6, 6.07) is 11.8. The minimum absolute atomic E-state index is 0.0204. The molecular weight excluding hydrogens is 413 g/mol. The van der Waals surface area contributed by atoms with Crippen molar-refractivity contribution in [2.45, 2.75) is 0 Å². The van der Waals surface area contributed by atoms with Gasteiger partial charge in [0.05, 0.1) is 0 Å². The summed E-state index contributed by atoms with van der Waals surface area (Å²) in [6.07, 6.45) is 2.99. The van der Waals surface area contributed by atoms with Crippen molar-refractivity contribution < 1.29 is 9.18 Å². The van der Waals surface area contributed by atoms with E-state index in [2.05, 4.69) is 31.1 Å². The topological polar surface area (TPSA) is 72.3 Å². The van der Waals surface area contributed by atoms with E-state index in [0.717, 1.165) is 10.2 Å². The number of carbonyl (C=O) groups excluding carboxylic acids is 1. The highest BCUT2D eigenvalue weighted by Crippen LogP contribution is 2.18. The first-order valence-electron chi connectivity index (χ1n) is 8.35. The Kier molecular flexibility index (Phi) is 6.04. The molecule has 1 aromatic heterocycles. The lowest BCUT2D eigenvalue weighted by molar-refractivity contribution is -0.127. The van der Waals surface area contributed by atoms with Gasteiger partial charge in [-0.25, -0.2) is 9.37 Å². The highest BCUT2D eigenvalue weighted by Gasteiger charge is 2.23. The minimum atomic E-state index is -0.321. The number of anilines is 2. The SMILES string of the molecule is N#C/C(=C/Nc1cc(Br)ccn1)C(=O)N1CCN(c2ccc(F)cc2)CC1. The number of benzene rings is 1. The third-order valence-corrected chi connectivity index (χ3v) is 4.69. The van der Waals surface area contributed by atoms with E-state index in [4.69, 9.17) is 0 Å². The van der Waals surface area contributed by atoms with Crippen molar-refractivity contribution in [3.63, 3.8) is 0 Å². The van der Waals surface area contributed by atoms with Crippen LogP contribution >= 0.6 is 15.9 Å². The van der Waals surface area contributed by atoms with Gasteiger partial charge in [-0.2, -0.15) is 5.26 Å². The van der Waals surface area contributed by atoms with Gasteiger partial charge >= 0.3 is 0 Å². The van der Waals surface area contributed by atoms with Gasteiger partial charge in [0.1, 0.15) is 23.3 Å². The van der Waals surface area contributed by atoms with Crippen molar-refractivity contribution in [1.29, 1.82) is 5.26 Å². The number of aromatic nitrogens is 1. The summed E-state index contributed by atoms with van der Waals surface area (Å²) >= 11 is 3.34. The minimum Gasteiger partial charge on any atom is -0.368 e. The van der Waals surface area contributed by atoms with Gasteiger partial charge in [0.2, 0.25) is 0 Å². The second-order valence-corrected chi connectivity index (χ2v) is 6.84. The van der Waals surface area contributed by atoms with Crippen LogP contribution in [0.3, 0.4) is 0 Å². The van der Waals surface area contributed by atoms with E-state index in [0.29, 0.717) is 32.0 Å². The van der Waals surface area contributed by atoms with E-state index in [1.54, 1.807) is 35.4 Å². The van der Waals surface area contributed by atoms with Crippen LogP contribution in [0.1, 0.15) is 0 Å². The fourth-order valence-electron chi connectivity index (χ4n) is 2.76. The maximum absolute atomic E-state index is 13.0. The quantitative estimate of drug-likeness (QED) is 0.596. The van der Waals surface area contributed by atoms with Gasteiger partial charge in [-0.1, -0.05) is 15.9 Å². The Bertz CT molecular complexity index is 886. The van der Waals surface area contributed by atoms with Crippen LogP contribution in [0.25, 0.3) is 0 Å². The Labute approximate surface area is 165 Å². The molecule has 0 aliphatic carbocycles. The number of hydrogen-bond donors (Lipinski definition) is 1. The number of halogens is 2.